The van der Waals surface area contributed by atoms with Crippen LogP contribution in [-0.4, -0.2) is 57.4 Å². The molecule has 5 N–H and O–H groups in total. The van der Waals surface area contributed by atoms with E-state index in [1.54, 1.807) is 0 Å². The van der Waals surface area contributed by atoms with Gasteiger partial charge < -0.3 is 25.7 Å². The van der Waals surface area contributed by atoms with Crippen LogP contribution >= 0.6 is 24.0 Å². The molecule has 5 nitrogen and oxygen atoms in total. The minimum atomic E-state index is -1.04. The summed E-state index contributed by atoms with van der Waals surface area (Å²) in [5, 5.41) is 42.6. The van der Waals surface area contributed by atoms with Crippen molar-refractivity contribution in [3.63, 3.8) is 0 Å². The number of rotatable bonds is 9. The third kappa shape index (κ3) is 6.68. The zero-order valence-corrected chi connectivity index (χ0v) is 15.8. The van der Waals surface area contributed by atoms with Crippen LogP contribution in [0.15, 0.2) is 24.3 Å². The molecule has 144 valence electrons. The second-order valence-electron chi connectivity index (χ2n) is 6.61. The minimum Gasteiger partial charge on any atom is -0.395 e. The molecule has 0 unspecified atom stereocenters. The van der Waals surface area contributed by atoms with E-state index < -0.39 is 30.4 Å². The van der Waals surface area contributed by atoms with Crippen molar-refractivity contribution in [3.05, 3.63) is 34.9 Å². The van der Waals surface area contributed by atoms with Gasteiger partial charge in [-0.15, -0.1) is 12.4 Å². The predicted octanol–water partition coefficient (Wildman–Crippen LogP) is 1.67. The van der Waals surface area contributed by atoms with Crippen LogP contribution in [-0.2, 0) is 6.42 Å². The number of nitrogens with one attached hydrogen (secondary N) is 1. The molecular formula is C18H29Cl2NO4. The van der Waals surface area contributed by atoms with Crippen molar-refractivity contribution in [1.29, 1.82) is 0 Å². The van der Waals surface area contributed by atoms with Crippen molar-refractivity contribution >= 4 is 24.0 Å². The Morgan fingerprint density at radius 3 is 2.24 bits per heavy atom. The van der Waals surface area contributed by atoms with Crippen molar-refractivity contribution in [3.8, 4) is 0 Å². The van der Waals surface area contributed by atoms with Crippen LogP contribution in [0.2, 0.25) is 5.02 Å². The maximum absolute atomic E-state index is 10.2. The first-order valence-corrected chi connectivity index (χ1v) is 9.06. The average Bonchev–Trinajstić information content (AvgIpc) is 2.87. The summed E-state index contributed by atoms with van der Waals surface area (Å²) < 4.78 is 0. The van der Waals surface area contributed by atoms with E-state index in [0.717, 1.165) is 37.1 Å². The van der Waals surface area contributed by atoms with Crippen molar-refractivity contribution < 1.29 is 20.4 Å². The monoisotopic (exact) mass is 393 g/mol. The molecule has 0 bridgehead atoms. The Morgan fingerprint density at radius 2 is 1.64 bits per heavy atom. The Hall–Kier alpha value is -0.400. The Morgan fingerprint density at radius 1 is 1.00 bits per heavy atom. The smallest absolute Gasteiger partial charge is 0.0993 e. The fraction of sp³-hybridized carbons (Fsp3) is 0.667. The van der Waals surface area contributed by atoms with Crippen molar-refractivity contribution in [1.82, 2.24) is 5.32 Å². The van der Waals surface area contributed by atoms with Gasteiger partial charge in [-0.3, -0.25) is 0 Å². The summed E-state index contributed by atoms with van der Waals surface area (Å²) in [7, 11) is 0. The highest BCUT2D eigenvalue weighted by molar-refractivity contribution is 6.30. The second-order valence-corrected chi connectivity index (χ2v) is 7.05. The van der Waals surface area contributed by atoms with E-state index in [4.69, 9.17) is 16.7 Å². The second kappa shape index (κ2) is 11.3. The van der Waals surface area contributed by atoms with E-state index in [9.17, 15) is 15.3 Å². The number of aliphatic hydroxyl groups is 4. The zero-order valence-electron chi connectivity index (χ0n) is 14.2. The highest BCUT2D eigenvalue weighted by Gasteiger charge is 2.43. The molecular weight excluding hydrogens is 365 g/mol. The maximum Gasteiger partial charge on any atom is 0.0993 e. The van der Waals surface area contributed by atoms with E-state index in [1.807, 2.05) is 24.3 Å². The number of hydrogen-bond acceptors (Lipinski definition) is 5. The van der Waals surface area contributed by atoms with Crippen molar-refractivity contribution in [2.24, 2.45) is 0 Å². The molecule has 25 heavy (non-hydrogen) atoms. The van der Waals surface area contributed by atoms with Crippen LogP contribution in [0.1, 0.15) is 37.7 Å². The normalized spacial score (nSPS) is 27.1. The molecule has 0 aromatic heterocycles. The molecule has 0 saturated carbocycles. The molecule has 1 aromatic rings. The van der Waals surface area contributed by atoms with Crippen LogP contribution in [0.3, 0.4) is 0 Å². The fourth-order valence-corrected chi connectivity index (χ4v) is 3.39. The molecule has 1 heterocycles. The highest BCUT2D eigenvalue weighted by Crippen LogP contribution is 2.20. The number of aliphatic hydroxyl groups excluding tert-OH is 4. The molecule has 1 saturated heterocycles. The lowest BCUT2D eigenvalue weighted by Gasteiger charge is -2.22. The van der Waals surface area contributed by atoms with Crippen molar-refractivity contribution in [2.45, 2.75) is 68.9 Å². The molecule has 0 aliphatic carbocycles. The summed E-state index contributed by atoms with van der Waals surface area (Å²) >= 11 is 5.86. The van der Waals surface area contributed by atoms with Crippen LogP contribution < -0.4 is 5.32 Å². The van der Waals surface area contributed by atoms with Gasteiger partial charge in [-0.05, 0) is 37.0 Å². The van der Waals surface area contributed by atoms with E-state index in [2.05, 4.69) is 5.32 Å². The first-order chi connectivity index (χ1) is 11.5. The largest absolute Gasteiger partial charge is 0.395 e. The van der Waals surface area contributed by atoms with Gasteiger partial charge in [0.1, 0.15) is 0 Å². The number of aryl methyl sites for hydroxylation is 1. The molecule has 2 rings (SSSR count). The van der Waals surface area contributed by atoms with Gasteiger partial charge in [0.15, 0.2) is 0 Å². The Kier molecular flexibility index (Phi) is 10.3. The molecule has 0 radical (unpaired) electrons. The van der Waals surface area contributed by atoms with Crippen LogP contribution in [0.5, 0.6) is 0 Å². The summed E-state index contributed by atoms with van der Waals surface area (Å²) in [4.78, 5) is 0. The Labute approximate surface area is 160 Å². The van der Waals surface area contributed by atoms with E-state index in [0.29, 0.717) is 6.42 Å². The Balaban J connectivity index is 0.00000312. The molecule has 0 spiro atoms. The van der Waals surface area contributed by atoms with Gasteiger partial charge in [0.25, 0.3) is 0 Å². The first-order valence-electron chi connectivity index (χ1n) is 8.68. The van der Waals surface area contributed by atoms with Gasteiger partial charge in [0.05, 0.1) is 37.0 Å². The standard InChI is InChI=1S/C18H28ClNO4.ClH/c19-13-9-7-12(8-10-13)5-3-1-2-4-6-15(22)16-18(24)17(23)14(11-21)20-16;/h7-10,14-18,20-24H,1-6,11H2;1H/t14-,15+,16-,17-,18-;/m0./s1. The lowest BCUT2D eigenvalue weighted by Crippen LogP contribution is -2.44. The first kappa shape index (κ1) is 22.6. The molecule has 1 aliphatic rings. The quantitative estimate of drug-likeness (QED) is 0.411. The number of hydrogen-bond donors (Lipinski definition) is 5. The summed E-state index contributed by atoms with van der Waals surface area (Å²) in [5.41, 5.74) is 1.28. The molecule has 0 amide bonds. The lowest BCUT2D eigenvalue weighted by molar-refractivity contribution is -0.00443. The highest BCUT2D eigenvalue weighted by atomic mass is 35.5. The van der Waals surface area contributed by atoms with Gasteiger partial charge >= 0.3 is 0 Å². The van der Waals surface area contributed by atoms with Gasteiger partial charge in [0.2, 0.25) is 0 Å². The number of benzene rings is 1. The number of unbranched alkanes of at least 4 members (excludes halogenated alkanes) is 3. The zero-order chi connectivity index (χ0) is 17.5. The third-order valence-electron chi connectivity index (χ3n) is 4.78. The van der Waals surface area contributed by atoms with Gasteiger partial charge in [-0.2, -0.15) is 0 Å². The van der Waals surface area contributed by atoms with E-state index in [1.165, 1.54) is 5.56 Å². The third-order valence-corrected chi connectivity index (χ3v) is 5.03. The molecule has 7 heteroatoms. The van der Waals surface area contributed by atoms with E-state index in [-0.39, 0.29) is 19.0 Å². The van der Waals surface area contributed by atoms with Crippen LogP contribution in [0.25, 0.3) is 0 Å². The van der Waals surface area contributed by atoms with Crippen LogP contribution in [0.4, 0.5) is 0 Å². The molecule has 5 atom stereocenters. The number of halogens is 2. The maximum atomic E-state index is 10.2. The van der Waals surface area contributed by atoms with E-state index >= 15 is 0 Å². The molecule has 1 aliphatic heterocycles. The Bertz CT molecular complexity index is 488. The predicted molar refractivity (Wildman–Crippen MR) is 101 cm³/mol. The topological polar surface area (TPSA) is 93.0 Å². The summed E-state index contributed by atoms with van der Waals surface area (Å²) in [5.74, 6) is 0. The summed E-state index contributed by atoms with van der Waals surface area (Å²) in [6, 6.07) is 6.75. The van der Waals surface area contributed by atoms with Gasteiger partial charge in [-0.25, -0.2) is 0 Å². The van der Waals surface area contributed by atoms with Crippen LogP contribution in [0, 0.1) is 0 Å². The SMILES string of the molecule is Cl.OC[C@@H]1N[C@@H]([C@H](O)CCCCCCc2ccc(Cl)cc2)[C@H](O)[C@H]1O. The van der Waals surface area contributed by atoms with Gasteiger partial charge in [-0.1, -0.05) is 43.0 Å². The lowest BCUT2D eigenvalue weighted by atomic mass is 9.98. The fourth-order valence-electron chi connectivity index (χ4n) is 3.26. The minimum absolute atomic E-state index is 0. The molecule has 1 fully saturated rings. The van der Waals surface area contributed by atoms with Gasteiger partial charge in [0, 0.05) is 5.02 Å². The van der Waals surface area contributed by atoms with Crippen molar-refractivity contribution in [2.75, 3.05) is 6.61 Å². The summed E-state index contributed by atoms with van der Waals surface area (Å²) in [6.45, 7) is -0.258. The molecule has 1 aromatic carbocycles. The summed E-state index contributed by atoms with van der Waals surface area (Å²) in [6.07, 6.45) is 2.85. The average molecular weight is 394 g/mol.